The molecule has 4 rings (SSSR count). The lowest BCUT2D eigenvalue weighted by Crippen LogP contribution is -2.49. The van der Waals surface area contributed by atoms with Crippen LogP contribution in [-0.4, -0.2) is 52.1 Å². The Kier molecular flexibility index (Phi) is 4.74. The van der Waals surface area contributed by atoms with E-state index in [0.717, 1.165) is 0 Å². The number of hydrogen-bond donors (Lipinski definition) is 0. The van der Waals surface area contributed by atoms with Crippen LogP contribution in [0.15, 0.2) is 41.3 Å². The van der Waals surface area contributed by atoms with E-state index in [1.54, 1.807) is 22.5 Å². The molecule has 1 fully saturated rings. The van der Waals surface area contributed by atoms with E-state index in [9.17, 15) is 8.42 Å². The minimum absolute atomic E-state index is 0.257. The standard InChI is InChI=1S/C20H24N2O4S/c1-15-4-3-5-16(2)20(15)21-8-10-22(11-9-21)27(23,24)17-6-7-18-19(14-17)26-13-12-25-18/h3-7,14H,8-13H2,1-2H3. The normalized spacial score (nSPS) is 17.8. The molecule has 0 radical (unpaired) electrons. The summed E-state index contributed by atoms with van der Waals surface area (Å²) in [5, 5.41) is 0. The minimum atomic E-state index is -3.55. The van der Waals surface area contributed by atoms with Gasteiger partial charge in [-0.2, -0.15) is 4.31 Å². The van der Waals surface area contributed by atoms with Crippen LogP contribution in [0, 0.1) is 13.8 Å². The molecule has 6 nitrogen and oxygen atoms in total. The van der Waals surface area contributed by atoms with Gasteiger partial charge in [-0.3, -0.25) is 0 Å². The lowest BCUT2D eigenvalue weighted by molar-refractivity contribution is 0.171. The van der Waals surface area contributed by atoms with Crippen LogP contribution in [-0.2, 0) is 10.0 Å². The molecule has 27 heavy (non-hydrogen) atoms. The molecule has 0 aliphatic carbocycles. The van der Waals surface area contributed by atoms with Gasteiger partial charge in [0, 0.05) is 37.9 Å². The highest BCUT2D eigenvalue weighted by atomic mass is 32.2. The van der Waals surface area contributed by atoms with Crippen LogP contribution in [0.4, 0.5) is 5.69 Å². The number of hydrogen-bond acceptors (Lipinski definition) is 5. The highest BCUT2D eigenvalue weighted by Gasteiger charge is 2.30. The second-order valence-corrected chi connectivity index (χ2v) is 8.87. The Hall–Kier alpha value is -2.25. The fraction of sp³-hybridized carbons (Fsp3) is 0.400. The number of para-hydroxylation sites is 1. The van der Waals surface area contributed by atoms with Crippen molar-refractivity contribution in [2.75, 3.05) is 44.3 Å². The van der Waals surface area contributed by atoms with E-state index in [1.807, 2.05) is 0 Å². The van der Waals surface area contributed by atoms with Crippen LogP contribution in [0.25, 0.3) is 0 Å². The highest BCUT2D eigenvalue weighted by Crippen LogP contribution is 2.33. The molecule has 144 valence electrons. The molecule has 0 saturated carbocycles. The number of ether oxygens (including phenoxy) is 2. The van der Waals surface area contributed by atoms with E-state index in [-0.39, 0.29) is 4.90 Å². The van der Waals surface area contributed by atoms with Crippen molar-refractivity contribution >= 4 is 15.7 Å². The van der Waals surface area contributed by atoms with E-state index < -0.39 is 10.0 Å². The second-order valence-electron chi connectivity index (χ2n) is 6.94. The maximum absolute atomic E-state index is 13.1. The molecule has 1 saturated heterocycles. The van der Waals surface area contributed by atoms with Gasteiger partial charge in [0.2, 0.25) is 10.0 Å². The summed E-state index contributed by atoms with van der Waals surface area (Å²) in [5.74, 6) is 1.09. The van der Waals surface area contributed by atoms with Crippen molar-refractivity contribution in [2.45, 2.75) is 18.7 Å². The molecule has 0 atom stereocenters. The number of nitrogens with zero attached hydrogens (tertiary/aromatic N) is 2. The monoisotopic (exact) mass is 388 g/mol. The van der Waals surface area contributed by atoms with Gasteiger partial charge in [-0.15, -0.1) is 0 Å². The molecule has 0 amide bonds. The van der Waals surface area contributed by atoms with Gasteiger partial charge in [0.25, 0.3) is 0 Å². The molecule has 0 aromatic heterocycles. The van der Waals surface area contributed by atoms with Gasteiger partial charge >= 0.3 is 0 Å². The highest BCUT2D eigenvalue weighted by molar-refractivity contribution is 7.89. The maximum Gasteiger partial charge on any atom is 0.243 e. The van der Waals surface area contributed by atoms with Crippen molar-refractivity contribution in [1.82, 2.24) is 4.31 Å². The third-order valence-corrected chi connectivity index (χ3v) is 7.04. The number of benzene rings is 2. The zero-order chi connectivity index (χ0) is 19.0. The van der Waals surface area contributed by atoms with E-state index in [1.165, 1.54) is 16.8 Å². The number of rotatable bonds is 3. The van der Waals surface area contributed by atoms with Crippen molar-refractivity contribution in [3.63, 3.8) is 0 Å². The first-order valence-electron chi connectivity index (χ1n) is 9.18. The molecule has 0 spiro atoms. The average molecular weight is 388 g/mol. The summed E-state index contributed by atoms with van der Waals surface area (Å²) in [6.45, 7) is 7.39. The summed E-state index contributed by atoms with van der Waals surface area (Å²) in [7, 11) is -3.55. The first-order chi connectivity index (χ1) is 13.0. The first kappa shape index (κ1) is 18.1. The number of sulfonamides is 1. The van der Waals surface area contributed by atoms with Crippen molar-refractivity contribution in [2.24, 2.45) is 0 Å². The van der Waals surface area contributed by atoms with Gasteiger partial charge in [-0.25, -0.2) is 8.42 Å². The quantitative estimate of drug-likeness (QED) is 0.809. The van der Waals surface area contributed by atoms with Crippen molar-refractivity contribution < 1.29 is 17.9 Å². The predicted molar refractivity (Wildman–Crippen MR) is 104 cm³/mol. The van der Waals surface area contributed by atoms with Gasteiger partial charge in [-0.05, 0) is 37.1 Å². The fourth-order valence-corrected chi connectivity index (χ4v) is 5.23. The predicted octanol–water partition coefficient (Wildman–Crippen LogP) is 2.59. The van der Waals surface area contributed by atoms with Gasteiger partial charge in [0.05, 0.1) is 4.90 Å². The SMILES string of the molecule is Cc1cccc(C)c1N1CCN(S(=O)(=O)c2ccc3c(c2)OCCO3)CC1. The van der Waals surface area contributed by atoms with Gasteiger partial charge < -0.3 is 14.4 Å². The van der Waals surface area contributed by atoms with Crippen LogP contribution in [0.5, 0.6) is 11.5 Å². The Balaban J connectivity index is 1.52. The first-order valence-corrected chi connectivity index (χ1v) is 10.6. The van der Waals surface area contributed by atoms with E-state index in [0.29, 0.717) is 50.9 Å². The molecular formula is C20H24N2O4S. The Morgan fingerprint density at radius 3 is 2.15 bits per heavy atom. The summed E-state index contributed by atoms with van der Waals surface area (Å²) >= 11 is 0. The molecule has 2 aromatic carbocycles. The summed E-state index contributed by atoms with van der Waals surface area (Å²) in [4.78, 5) is 2.54. The Morgan fingerprint density at radius 2 is 1.48 bits per heavy atom. The molecule has 7 heteroatoms. The Labute approximate surface area is 160 Å². The number of fused-ring (bicyclic) bond motifs is 1. The summed E-state index contributed by atoms with van der Waals surface area (Å²) < 4.78 is 38.7. The topological polar surface area (TPSA) is 59.1 Å². The van der Waals surface area contributed by atoms with Crippen LogP contribution < -0.4 is 14.4 Å². The third-order valence-electron chi connectivity index (χ3n) is 5.15. The van der Waals surface area contributed by atoms with Crippen LogP contribution in [0.2, 0.25) is 0 Å². The molecule has 2 aliphatic heterocycles. The van der Waals surface area contributed by atoms with Crippen LogP contribution in [0.1, 0.15) is 11.1 Å². The second kappa shape index (κ2) is 7.05. The van der Waals surface area contributed by atoms with Crippen LogP contribution >= 0.6 is 0 Å². The van der Waals surface area contributed by atoms with Crippen molar-refractivity contribution in [1.29, 1.82) is 0 Å². The third kappa shape index (κ3) is 3.37. The zero-order valence-corrected chi connectivity index (χ0v) is 16.5. The van der Waals surface area contributed by atoms with Crippen LogP contribution in [0.3, 0.4) is 0 Å². The molecule has 2 aromatic rings. The van der Waals surface area contributed by atoms with Gasteiger partial charge in [0.1, 0.15) is 13.2 Å². The Bertz CT molecular complexity index is 930. The molecular weight excluding hydrogens is 364 g/mol. The van der Waals surface area contributed by atoms with E-state index >= 15 is 0 Å². The smallest absolute Gasteiger partial charge is 0.243 e. The molecule has 0 unspecified atom stereocenters. The zero-order valence-electron chi connectivity index (χ0n) is 15.6. The summed E-state index contributed by atoms with van der Waals surface area (Å²) in [6.07, 6.45) is 0. The van der Waals surface area contributed by atoms with E-state index in [4.69, 9.17) is 9.47 Å². The largest absolute Gasteiger partial charge is 0.486 e. The Morgan fingerprint density at radius 1 is 0.852 bits per heavy atom. The number of piperazine rings is 1. The lowest BCUT2D eigenvalue weighted by Gasteiger charge is -2.37. The molecule has 0 bridgehead atoms. The fourth-order valence-electron chi connectivity index (χ4n) is 3.79. The molecule has 0 N–H and O–H groups in total. The number of anilines is 1. The summed E-state index contributed by atoms with van der Waals surface area (Å²) in [5.41, 5.74) is 3.66. The van der Waals surface area contributed by atoms with Crippen molar-refractivity contribution in [3.05, 3.63) is 47.5 Å². The summed E-state index contributed by atoms with van der Waals surface area (Å²) in [6, 6.07) is 11.1. The van der Waals surface area contributed by atoms with Gasteiger partial charge in [-0.1, -0.05) is 18.2 Å². The molecule has 2 heterocycles. The molecule has 2 aliphatic rings. The average Bonchev–Trinajstić information content (AvgIpc) is 2.68. The lowest BCUT2D eigenvalue weighted by atomic mass is 10.1. The van der Waals surface area contributed by atoms with Gasteiger partial charge in [0.15, 0.2) is 11.5 Å². The maximum atomic E-state index is 13.1. The number of aryl methyl sites for hydroxylation is 2. The van der Waals surface area contributed by atoms with Crippen molar-refractivity contribution in [3.8, 4) is 11.5 Å². The minimum Gasteiger partial charge on any atom is -0.486 e. The van der Waals surface area contributed by atoms with E-state index in [2.05, 4.69) is 36.9 Å².